The second kappa shape index (κ2) is 6.43. The molecule has 22 heavy (non-hydrogen) atoms. The van der Waals surface area contributed by atoms with Crippen LogP contribution in [0.4, 0.5) is 11.5 Å². The van der Waals surface area contributed by atoms with E-state index in [2.05, 4.69) is 20.9 Å². The van der Waals surface area contributed by atoms with Crippen molar-refractivity contribution in [1.82, 2.24) is 4.98 Å². The van der Waals surface area contributed by atoms with Crippen molar-refractivity contribution in [2.24, 2.45) is 0 Å². The second-order valence-electron chi connectivity index (χ2n) is 5.03. The quantitative estimate of drug-likeness (QED) is 0.842. The summed E-state index contributed by atoms with van der Waals surface area (Å²) in [6, 6.07) is 11.4. The highest BCUT2D eigenvalue weighted by atomic mass is 35.5. The van der Waals surface area contributed by atoms with Gasteiger partial charge >= 0.3 is 0 Å². The van der Waals surface area contributed by atoms with Gasteiger partial charge in [-0.05, 0) is 24.3 Å². The molecule has 6 heteroatoms. The summed E-state index contributed by atoms with van der Waals surface area (Å²) in [6.45, 7) is 3.19. The number of hydrogen-bond acceptors (Lipinski definition) is 4. The molecule has 0 atom stereocenters. The Morgan fingerprint density at radius 2 is 1.73 bits per heavy atom. The minimum atomic E-state index is 0.568. The van der Waals surface area contributed by atoms with Crippen molar-refractivity contribution in [1.29, 1.82) is 5.26 Å². The van der Waals surface area contributed by atoms with Crippen molar-refractivity contribution in [2.45, 2.75) is 0 Å². The zero-order chi connectivity index (χ0) is 15.5. The summed E-state index contributed by atoms with van der Waals surface area (Å²) in [5.41, 5.74) is 1.56. The third-order valence-electron chi connectivity index (χ3n) is 3.76. The zero-order valence-corrected chi connectivity index (χ0v) is 13.3. The second-order valence-corrected chi connectivity index (χ2v) is 5.82. The van der Waals surface area contributed by atoms with Crippen LogP contribution >= 0.6 is 23.2 Å². The first-order valence-electron chi connectivity index (χ1n) is 6.99. The summed E-state index contributed by atoms with van der Waals surface area (Å²) < 4.78 is 0. The molecule has 2 heterocycles. The average Bonchev–Trinajstić information content (AvgIpc) is 2.57. The van der Waals surface area contributed by atoms with Crippen LogP contribution in [0.1, 0.15) is 5.56 Å². The largest absolute Gasteiger partial charge is 0.367 e. The maximum absolute atomic E-state index is 9.19. The highest BCUT2D eigenvalue weighted by Crippen LogP contribution is 2.33. The smallest absolute Gasteiger partial charge is 0.146 e. The first-order chi connectivity index (χ1) is 10.7. The Morgan fingerprint density at radius 1 is 1.00 bits per heavy atom. The lowest BCUT2D eigenvalue weighted by molar-refractivity contribution is 0.647. The van der Waals surface area contributed by atoms with Gasteiger partial charge in [-0.2, -0.15) is 5.26 Å². The summed E-state index contributed by atoms with van der Waals surface area (Å²) >= 11 is 12.4. The monoisotopic (exact) mass is 332 g/mol. The lowest BCUT2D eigenvalue weighted by Crippen LogP contribution is -2.47. The third-order valence-corrected chi connectivity index (χ3v) is 4.57. The van der Waals surface area contributed by atoms with Crippen molar-refractivity contribution < 1.29 is 0 Å². The van der Waals surface area contributed by atoms with Gasteiger partial charge in [0.2, 0.25) is 0 Å². The van der Waals surface area contributed by atoms with E-state index in [1.165, 1.54) is 0 Å². The summed E-state index contributed by atoms with van der Waals surface area (Å²) in [4.78, 5) is 8.68. The standard InChI is InChI=1S/C16H14Cl2N4/c17-13-4-1-5-14(15(13)18)21-7-9-22(10-8-21)16-12(11-19)3-2-6-20-16/h1-6H,7-10H2. The maximum atomic E-state index is 9.19. The molecule has 2 aromatic rings. The molecule has 0 aliphatic carbocycles. The van der Waals surface area contributed by atoms with Crippen LogP contribution in [0.15, 0.2) is 36.5 Å². The van der Waals surface area contributed by atoms with E-state index in [9.17, 15) is 5.26 Å². The van der Waals surface area contributed by atoms with Crippen molar-refractivity contribution in [2.75, 3.05) is 36.0 Å². The summed E-state index contributed by atoms with van der Waals surface area (Å²) in [6.07, 6.45) is 1.72. The molecule has 1 aliphatic rings. The van der Waals surface area contributed by atoms with Crippen molar-refractivity contribution in [3.05, 3.63) is 52.1 Å². The molecule has 0 saturated carbocycles. The number of pyridine rings is 1. The van der Waals surface area contributed by atoms with Gasteiger partial charge in [0.25, 0.3) is 0 Å². The van der Waals surface area contributed by atoms with E-state index >= 15 is 0 Å². The predicted molar refractivity (Wildman–Crippen MR) is 89.8 cm³/mol. The van der Waals surface area contributed by atoms with E-state index in [1.807, 2.05) is 12.1 Å². The van der Waals surface area contributed by atoms with Crippen LogP contribution in [-0.4, -0.2) is 31.2 Å². The molecular formula is C16H14Cl2N4. The fraction of sp³-hybridized carbons (Fsp3) is 0.250. The molecule has 0 unspecified atom stereocenters. The van der Waals surface area contributed by atoms with E-state index < -0.39 is 0 Å². The normalized spacial score (nSPS) is 14.8. The summed E-state index contributed by atoms with van der Waals surface area (Å²) in [7, 11) is 0. The molecule has 1 aliphatic heterocycles. The highest BCUT2D eigenvalue weighted by molar-refractivity contribution is 6.43. The Bertz CT molecular complexity index is 718. The predicted octanol–water partition coefficient (Wildman–Crippen LogP) is 3.59. The van der Waals surface area contributed by atoms with E-state index in [-0.39, 0.29) is 0 Å². The fourth-order valence-electron chi connectivity index (χ4n) is 2.63. The molecule has 0 spiro atoms. The van der Waals surface area contributed by atoms with Crippen LogP contribution < -0.4 is 9.80 Å². The number of anilines is 2. The summed E-state index contributed by atoms with van der Waals surface area (Å²) in [5, 5.41) is 10.3. The highest BCUT2D eigenvalue weighted by Gasteiger charge is 2.22. The lowest BCUT2D eigenvalue weighted by Gasteiger charge is -2.37. The lowest BCUT2D eigenvalue weighted by atomic mass is 10.2. The minimum Gasteiger partial charge on any atom is -0.367 e. The van der Waals surface area contributed by atoms with Crippen LogP contribution in [-0.2, 0) is 0 Å². The van der Waals surface area contributed by atoms with Crippen LogP contribution in [0.25, 0.3) is 0 Å². The third kappa shape index (κ3) is 2.83. The molecule has 1 aromatic heterocycles. The Hall–Kier alpha value is -1.96. The molecule has 3 rings (SSSR count). The fourth-order valence-corrected chi connectivity index (χ4v) is 3.05. The number of aromatic nitrogens is 1. The Labute approximate surface area is 139 Å². The zero-order valence-electron chi connectivity index (χ0n) is 11.8. The van der Waals surface area contributed by atoms with Crippen molar-refractivity contribution in [3.8, 4) is 6.07 Å². The Morgan fingerprint density at radius 3 is 2.45 bits per heavy atom. The van der Waals surface area contributed by atoms with Gasteiger partial charge in [0.05, 0.1) is 21.3 Å². The van der Waals surface area contributed by atoms with Gasteiger partial charge in [0.1, 0.15) is 11.9 Å². The molecule has 1 fully saturated rings. The first-order valence-corrected chi connectivity index (χ1v) is 7.75. The average molecular weight is 333 g/mol. The van der Waals surface area contributed by atoms with Crippen LogP contribution in [0, 0.1) is 11.3 Å². The molecule has 0 radical (unpaired) electrons. The van der Waals surface area contributed by atoms with E-state index in [4.69, 9.17) is 23.2 Å². The number of nitrogens with zero attached hydrogens (tertiary/aromatic N) is 4. The molecule has 1 saturated heterocycles. The number of rotatable bonds is 2. The Balaban J connectivity index is 1.76. The maximum Gasteiger partial charge on any atom is 0.146 e. The van der Waals surface area contributed by atoms with Crippen LogP contribution in [0.3, 0.4) is 0 Å². The van der Waals surface area contributed by atoms with Gasteiger partial charge in [-0.25, -0.2) is 4.98 Å². The number of hydrogen-bond donors (Lipinski definition) is 0. The van der Waals surface area contributed by atoms with Crippen molar-refractivity contribution in [3.63, 3.8) is 0 Å². The molecule has 4 nitrogen and oxygen atoms in total. The molecule has 1 aromatic carbocycles. The van der Waals surface area contributed by atoms with Crippen molar-refractivity contribution >= 4 is 34.7 Å². The SMILES string of the molecule is N#Cc1cccnc1N1CCN(c2cccc(Cl)c2Cl)CC1. The number of benzene rings is 1. The topological polar surface area (TPSA) is 43.2 Å². The van der Waals surface area contributed by atoms with Crippen LogP contribution in [0.2, 0.25) is 10.0 Å². The van der Waals surface area contributed by atoms with Gasteiger partial charge in [-0.3, -0.25) is 0 Å². The summed E-state index contributed by atoms with van der Waals surface area (Å²) in [5.74, 6) is 0.752. The molecule has 0 amide bonds. The van der Waals surface area contributed by atoms with Gasteiger partial charge in [0, 0.05) is 32.4 Å². The van der Waals surface area contributed by atoms with Gasteiger partial charge < -0.3 is 9.80 Å². The number of piperazine rings is 1. The Kier molecular flexibility index (Phi) is 4.37. The number of halogens is 2. The molecule has 0 N–H and O–H groups in total. The van der Waals surface area contributed by atoms with Crippen LogP contribution in [0.5, 0.6) is 0 Å². The molecule has 0 bridgehead atoms. The van der Waals surface area contributed by atoms with E-state index in [0.717, 1.165) is 37.7 Å². The van der Waals surface area contributed by atoms with E-state index in [0.29, 0.717) is 15.6 Å². The first kappa shape index (κ1) is 15.0. The molecular weight excluding hydrogens is 319 g/mol. The van der Waals surface area contributed by atoms with Gasteiger partial charge in [-0.15, -0.1) is 0 Å². The van der Waals surface area contributed by atoms with E-state index in [1.54, 1.807) is 24.4 Å². The minimum absolute atomic E-state index is 0.568. The molecule has 112 valence electrons. The van der Waals surface area contributed by atoms with Gasteiger partial charge in [-0.1, -0.05) is 29.3 Å². The van der Waals surface area contributed by atoms with Gasteiger partial charge in [0.15, 0.2) is 0 Å². The number of nitriles is 1.